The molecule has 0 aromatic heterocycles. The number of aliphatic hydroxyl groups is 1. The summed E-state index contributed by atoms with van der Waals surface area (Å²) in [6.07, 6.45) is 2.80. The Balaban J connectivity index is 2.02. The summed E-state index contributed by atoms with van der Waals surface area (Å²) in [5.74, 6) is 0.803. The molecule has 1 aliphatic rings. The van der Waals surface area contributed by atoms with Crippen molar-refractivity contribution < 1.29 is 5.11 Å². The normalized spacial score (nSPS) is 17.2. The van der Waals surface area contributed by atoms with Crippen LogP contribution in [0.5, 0.6) is 0 Å². The highest BCUT2D eigenvalue weighted by atomic mass is 35.5. The molecule has 1 aromatic carbocycles. The standard InChI is InChI=1S/C16H24ClN3O/c1-3-18-15(19-12-16(21)9-6-10-16)20(2)11-13-7-4-5-8-14(13)17/h4-5,7-8,21H,3,6,9-12H2,1-2H3,(H,18,19). The minimum atomic E-state index is -0.591. The lowest BCUT2D eigenvalue weighted by Crippen LogP contribution is -2.43. The highest BCUT2D eigenvalue weighted by Crippen LogP contribution is 2.31. The van der Waals surface area contributed by atoms with Crippen LogP contribution in [-0.2, 0) is 6.54 Å². The van der Waals surface area contributed by atoms with E-state index in [4.69, 9.17) is 11.6 Å². The second-order valence-corrected chi connectivity index (χ2v) is 6.10. The summed E-state index contributed by atoms with van der Waals surface area (Å²) in [4.78, 5) is 6.61. The molecule has 21 heavy (non-hydrogen) atoms. The molecule has 0 saturated heterocycles. The number of aliphatic imine (C=N–C) groups is 1. The summed E-state index contributed by atoms with van der Waals surface area (Å²) < 4.78 is 0. The molecule has 4 nitrogen and oxygen atoms in total. The van der Waals surface area contributed by atoms with Gasteiger partial charge in [0, 0.05) is 25.2 Å². The van der Waals surface area contributed by atoms with Crippen LogP contribution >= 0.6 is 11.6 Å². The van der Waals surface area contributed by atoms with Crippen molar-refractivity contribution in [3.8, 4) is 0 Å². The maximum atomic E-state index is 10.2. The highest BCUT2D eigenvalue weighted by Gasteiger charge is 2.34. The predicted molar refractivity (Wildman–Crippen MR) is 87.7 cm³/mol. The molecule has 1 fully saturated rings. The van der Waals surface area contributed by atoms with E-state index in [2.05, 4.69) is 10.3 Å². The Morgan fingerprint density at radius 2 is 2.14 bits per heavy atom. The van der Waals surface area contributed by atoms with Gasteiger partial charge in [0.15, 0.2) is 5.96 Å². The number of hydrogen-bond donors (Lipinski definition) is 2. The monoisotopic (exact) mass is 309 g/mol. The van der Waals surface area contributed by atoms with Crippen LogP contribution in [0, 0.1) is 0 Å². The Kier molecular flexibility index (Phi) is 5.48. The summed E-state index contributed by atoms with van der Waals surface area (Å²) in [7, 11) is 1.98. The largest absolute Gasteiger partial charge is 0.388 e. The van der Waals surface area contributed by atoms with E-state index >= 15 is 0 Å². The van der Waals surface area contributed by atoms with Crippen molar-refractivity contribution in [2.45, 2.75) is 38.3 Å². The summed E-state index contributed by atoms with van der Waals surface area (Å²) >= 11 is 6.20. The molecule has 0 spiro atoms. The molecule has 0 amide bonds. The Morgan fingerprint density at radius 1 is 1.43 bits per heavy atom. The van der Waals surface area contributed by atoms with E-state index in [0.29, 0.717) is 13.1 Å². The summed E-state index contributed by atoms with van der Waals surface area (Å²) in [5, 5.41) is 14.2. The molecular formula is C16H24ClN3O. The molecular weight excluding hydrogens is 286 g/mol. The van der Waals surface area contributed by atoms with E-state index in [1.165, 1.54) is 0 Å². The van der Waals surface area contributed by atoms with Gasteiger partial charge in [-0.3, -0.25) is 4.99 Å². The molecule has 1 aromatic rings. The van der Waals surface area contributed by atoms with Gasteiger partial charge in [-0.2, -0.15) is 0 Å². The zero-order valence-corrected chi connectivity index (χ0v) is 13.5. The van der Waals surface area contributed by atoms with Crippen molar-refractivity contribution in [1.29, 1.82) is 0 Å². The van der Waals surface area contributed by atoms with Crippen LogP contribution in [-0.4, -0.2) is 41.7 Å². The lowest BCUT2D eigenvalue weighted by Gasteiger charge is -2.35. The van der Waals surface area contributed by atoms with Crippen LogP contribution in [0.15, 0.2) is 29.3 Å². The first kappa shape index (κ1) is 16.1. The molecule has 0 unspecified atom stereocenters. The Morgan fingerprint density at radius 3 is 2.71 bits per heavy atom. The van der Waals surface area contributed by atoms with Crippen molar-refractivity contribution in [2.75, 3.05) is 20.1 Å². The van der Waals surface area contributed by atoms with Crippen LogP contribution in [0.1, 0.15) is 31.7 Å². The average molecular weight is 310 g/mol. The maximum absolute atomic E-state index is 10.2. The van der Waals surface area contributed by atoms with Crippen LogP contribution in [0.2, 0.25) is 5.02 Å². The van der Waals surface area contributed by atoms with Gasteiger partial charge in [-0.25, -0.2) is 0 Å². The zero-order chi connectivity index (χ0) is 15.3. The first-order chi connectivity index (χ1) is 10.0. The molecule has 0 heterocycles. The van der Waals surface area contributed by atoms with E-state index < -0.39 is 5.60 Å². The van der Waals surface area contributed by atoms with Gasteiger partial charge in [0.1, 0.15) is 0 Å². The fourth-order valence-electron chi connectivity index (χ4n) is 2.39. The average Bonchev–Trinajstić information content (AvgIpc) is 2.43. The topological polar surface area (TPSA) is 47.9 Å². The van der Waals surface area contributed by atoms with Crippen molar-refractivity contribution in [1.82, 2.24) is 10.2 Å². The van der Waals surface area contributed by atoms with Crippen molar-refractivity contribution >= 4 is 17.6 Å². The molecule has 0 atom stereocenters. The third kappa shape index (κ3) is 4.35. The van der Waals surface area contributed by atoms with Crippen LogP contribution in [0.4, 0.5) is 0 Å². The Bertz CT molecular complexity index is 500. The third-order valence-corrected chi connectivity index (χ3v) is 4.24. The van der Waals surface area contributed by atoms with E-state index in [9.17, 15) is 5.11 Å². The van der Waals surface area contributed by atoms with Crippen LogP contribution in [0.25, 0.3) is 0 Å². The number of hydrogen-bond acceptors (Lipinski definition) is 2. The molecule has 1 aliphatic carbocycles. The van der Waals surface area contributed by atoms with Crippen molar-refractivity contribution in [3.05, 3.63) is 34.9 Å². The van der Waals surface area contributed by atoms with Crippen molar-refractivity contribution in [2.24, 2.45) is 4.99 Å². The van der Waals surface area contributed by atoms with Gasteiger partial charge in [-0.1, -0.05) is 29.8 Å². The molecule has 5 heteroatoms. The molecule has 1 saturated carbocycles. The van der Waals surface area contributed by atoms with Crippen LogP contribution < -0.4 is 5.32 Å². The van der Waals surface area contributed by atoms with Gasteiger partial charge in [0.05, 0.1) is 12.1 Å². The van der Waals surface area contributed by atoms with Gasteiger partial charge in [0.2, 0.25) is 0 Å². The molecule has 2 N–H and O–H groups in total. The predicted octanol–water partition coefficient (Wildman–Crippen LogP) is 2.65. The molecule has 0 bridgehead atoms. The van der Waals surface area contributed by atoms with Crippen molar-refractivity contribution in [3.63, 3.8) is 0 Å². The quantitative estimate of drug-likeness (QED) is 0.649. The first-order valence-corrected chi connectivity index (χ1v) is 7.87. The second kappa shape index (κ2) is 7.14. The zero-order valence-electron chi connectivity index (χ0n) is 12.8. The van der Waals surface area contributed by atoms with Gasteiger partial charge < -0.3 is 15.3 Å². The lowest BCUT2D eigenvalue weighted by atomic mass is 9.80. The van der Waals surface area contributed by atoms with Crippen LogP contribution in [0.3, 0.4) is 0 Å². The minimum absolute atomic E-state index is 0.461. The number of nitrogens with one attached hydrogen (secondary N) is 1. The fraction of sp³-hybridized carbons (Fsp3) is 0.562. The number of benzene rings is 1. The number of rotatable bonds is 5. The molecule has 2 rings (SSSR count). The second-order valence-electron chi connectivity index (χ2n) is 5.70. The van der Waals surface area contributed by atoms with E-state index in [-0.39, 0.29) is 0 Å². The fourth-order valence-corrected chi connectivity index (χ4v) is 2.59. The lowest BCUT2D eigenvalue weighted by molar-refractivity contribution is -0.0237. The highest BCUT2D eigenvalue weighted by molar-refractivity contribution is 6.31. The van der Waals surface area contributed by atoms with E-state index in [1.54, 1.807) is 0 Å². The number of nitrogens with zero attached hydrogens (tertiary/aromatic N) is 2. The summed E-state index contributed by atoms with van der Waals surface area (Å²) in [6.45, 7) is 3.98. The maximum Gasteiger partial charge on any atom is 0.194 e. The first-order valence-electron chi connectivity index (χ1n) is 7.49. The Labute approximate surface area is 131 Å². The van der Waals surface area contributed by atoms with E-state index in [0.717, 1.165) is 42.4 Å². The SMILES string of the molecule is CCNC(=NCC1(O)CCC1)N(C)Cc1ccccc1Cl. The molecule has 116 valence electrons. The van der Waals surface area contributed by atoms with Gasteiger partial charge in [-0.05, 0) is 37.8 Å². The van der Waals surface area contributed by atoms with E-state index in [1.807, 2.05) is 43.1 Å². The smallest absolute Gasteiger partial charge is 0.194 e. The van der Waals surface area contributed by atoms with Gasteiger partial charge in [-0.15, -0.1) is 0 Å². The number of halogens is 1. The minimum Gasteiger partial charge on any atom is -0.388 e. The molecule has 0 aliphatic heterocycles. The third-order valence-electron chi connectivity index (χ3n) is 3.87. The van der Waals surface area contributed by atoms with Gasteiger partial charge in [0.25, 0.3) is 0 Å². The summed E-state index contributed by atoms with van der Waals surface area (Å²) in [5.41, 5.74) is 0.473. The molecule has 0 radical (unpaired) electrons. The van der Waals surface area contributed by atoms with Gasteiger partial charge >= 0.3 is 0 Å². The Hall–Kier alpha value is -1.26. The summed E-state index contributed by atoms with van der Waals surface area (Å²) in [6, 6.07) is 7.82. The number of guanidine groups is 1.